The number of benzene rings is 1. The SMILES string of the molecule is CC(C)(C)OCC1CCc2ccccc2C1. The summed E-state index contributed by atoms with van der Waals surface area (Å²) < 4.78 is 5.88. The molecule has 1 aromatic carbocycles. The zero-order valence-corrected chi connectivity index (χ0v) is 10.6. The van der Waals surface area contributed by atoms with E-state index in [0.29, 0.717) is 5.92 Å². The molecule has 0 spiro atoms. The molecule has 1 aliphatic carbocycles. The second kappa shape index (κ2) is 4.58. The normalized spacial score (nSPS) is 20.6. The molecule has 0 aromatic heterocycles. The van der Waals surface area contributed by atoms with Gasteiger partial charge >= 0.3 is 0 Å². The maximum atomic E-state index is 5.88. The van der Waals surface area contributed by atoms with Gasteiger partial charge in [-0.05, 0) is 57.1 Å². The van der Waals surface area contributed by atoms with Crippen LogP contribution in [0.25, 0.3) is 0 Å². The summed E-state index contributed by atoms with van der Waals surface area (Å²) in [4.78, 5) is 0. The molecule has 0 fully saturated rings. The number of rotatable bonds is 2. The molecule has 1 heteroatoms. The molecule has 0 saturated carbocycles. The van der Waals surface area contributed by atoms with Crippen LogP contribution in [0.1, 0.15) is 38.3 Å². The van der Waals surface area contributed by atoms with E-state index >= 15 is 0 Å². The Bertz CT molecular complexity index is 349. The topological polar surface area (TPSA) is 9.23 Å². The highest BCUT2D eigenvalue weighted by Crippen LogP contribution is 2.26. The lowest BCUT2D eigenvalue weighted by molar-refractivity contribution is -0.0241. The monoisotopic (exact) mass is 218 g/mol. The van der Waals surface area contributed by atoms with Gasteiger partial charge in [0, 0.05) is 0 Å². The van der Waals surface area contributed by atoms with Crippen molar-refractivity contribution < 1.29 is 4.74 Å². The standard InChI is InChI=1S/C15H22O/c1-15(2,3)16-11-12-8-9-13-6-4-5-7-14(13)10-12/h4-7,12H,8-11H2,1-3H3. The van der Waals surface area contributed by atoms with Crippen molar-refractivity contribution >= 4 is 0 Å². The van der Waals surface area contributed by atoms with E-state index in [0.717, 1.165) is 6.61 Å². The van der Waals surface area contributed by atoms with Crippen LogP contribution in [0.3, 0.4) is 0 Å². The summed E-state index contributed by atoms with van der Waals surface area (Å²) in [5, 5.41) is 0. The van der Waals surface area contributed by atoms with Crippen molar-refractivity contribution in [3.8, 4) is 0 Å². The third kappa shape index (κ3) is 3.08. The molecule has 0 bridgehead atoms. The van der Waals surface area contributed by atoms with Crippen molar-refractivity contribution in [2.75, 3.05) is 6.61 Å². The molecular weight excluding hydrogens is 196 g/mol. The van der Waals surface area contributed by atoms with Gasteiger partial charge in [0.15, 0.2) is 0 Å². The van der Waals surface area contributed by atoms with Gasteiger partial charge in [-0.2, -0.15) is 0 Å². The van der Waals surface area contributed by atoms with Gasteiger partial charge in [-0.15, -0.1) is 0 Å². The first-order valence-corrected chi connectivity index (χ1v) is 6.25. The summed E-state index contributed by atoms with van der Waals surface area (Å²) in [6.45, 7) is 7.29. The molecule has 1 nitrogen and oxygen atoms in total. The average molecular weight is 218 g/mol. The molecule has 16 heavy (non-hydrogen) atoms. The number of fused-ring (bicyclic) bond motifs is 1. The van der Waals surface area contributed by atoms with E-state index in [2.05, 4.69) is 45.0 Å². The Morgan fingerprint density at radius 1 is 1.19 bits per heavy atom. The molecule has 1 unspecified atom stereocenters. The van der Waals surface area contributed by atoms with E-state index in [1.807, 2.05) is 0 Å². The summed E-state index contributed by atoms with van der Waals surface area (Å²) in [6.07, 6.45) is 3.67. The van der Waals surface area contributed by atoms with Crippen molar-refractivity contribution in [2.24, 2.45) is 5.92 Å². The molecule has 0 aliphatic heterocycles. The Labute approximate surface area is 98.8 Å². The third-order valence-corrected chi connectivity index (χ3v) is 3.20. The predicted molar refractivity (Wildman–Crippen MR) is 67.7 cm³/mol. The molecule has 0 amide bonds. The Balaban J connectivity index is 1.93. The summed E-state index contributed by atoms with van der Waals surface area (Å²) in [5.74, 6) is 0.703. The molecule has 2 rings (SSSR count). The summed E-state index contributed by atoms with van der Waals surface area (Å²) in [5.41, 5.74) is 3.06. The second-order valence-corrected chi connectivity index (χ2v) is 5.80. The lowest BCUT2D eigenvalue weighted by atomic mass is 9.84. The number of ether oxygens (including phenoxy) is 1. The van der Waals surface area contributed by atoms with Gasteiger partial charge in [0.25, 0.3) is 0 Å². The maximum Gasteiger partial charge on any atom is 0.0598 e. The molecular formula is C15H22O. The van der Waals surface area contributed by atoms with E-state index in [1.165, 1.54) is 30.4 Å². The number of aryl methyl sites for hydroxylation is 1. The molecule has 1 aromatic rings. The minimum atomic E-state index is -0.00301. The summed E-state index contributed by atoms with van der Waals surface area (Å²) >= 11 is 0. The quantitative estimate of drug-likeness (QED) is 0.737. The average Bonchev–Trinajstić information content (AvgIpc) is 2.25. The molecule has 0 radical (unpaired) electrons. The molecule has 1 atom stereocenters. The minimum Gasteiger partial charge on any atom is -0.376 e. The fourth-order valence-corrected chi connectivity index (χ4v) is 2.28. The first-order valence-electron chi connectivity index (χ1n) is 6.25. The second-order valence-electron chi connectivity index (χ2n) is 5.80. The number of hydrogen-bond donors (Lipinski definition) is 0. The van der Waals surface area contributed by atoms with Gasteiger partial charge < -0.3 is 4.74 Å². The van der Waals surface area contributed by atoms with Gasteiger partial charge in [-0.3, -0.25) is 0 Å². The third-order valence-electron chi connectivity index (χ3n) is 3.20. The van der Waals surface area contributed by atoms with Crippen molar-refractivity contribution in [1.29, 1.82) is 0 Å². The van der Waals surface area contributed by atoms with E-state index < -0.39 is 0 Å². The Morgan fingerprint density at radius 2 is 1.88 bits per heavy atom. The van der Waals surface area contributed by atoms with Crippen LogP contribution >= 0.6 is 0 Å². The molecule has 0 N–H and O–H groups in total. The van der Waals surface area contributed by atoms with Gasteiger partial charge in [0.1, 0.15) is 0 Å². The highest BCUT2D eigenvalue weighted by molar-refractivity contribution is 5.29. The highest BCUT2D eigenvalue weighted by Gasteiger charge is 2.20. The van der Waals surface area contributed by atoms with Crippen LogP contribution in [0, 0.1) is 5.92 Å². The fourth-order valence-electron chi connectivity index (χ4n) is 2.28. The Hall–Kier alpha value is -0.820. The van der Waals surface area contributed by atoms with Crippen LogP contribution in [-0.4, -0.2) is 12.2 Å². The number of hydrogen-bond acceptors (Lipinski definition) is 1. The smallest absolute Gasteiger partial charge is 0.0598 e. The van der Waals surface area contributed by atoms with Crippen molar-refractivity contribution in [3.05, 3.63) is 35.4 Å². The zero-order chi connectivity index (χ0) is 11.6. The van der Waals surface area contributed by atoms with Gasteiger partial charge in [-0.25, -0.2) is 0 Å². The minimum absolute atomic E-state index is 0.00301. The summed E-state index contributed by atoms with van der Waals surface area (Å²) in [7, 11) is 0. The predicted octanol–water partition coefficient (Wildman–Crippen LogP) is 3.61. The van der Waals surface area contributed by atoms with E-state index in [9.17, 15) is 0 Å². The highest BCUT2D eigenvalue weighted by atomic mass is 16.5. The van der Waals surface area contributed by atoms with Crippen LogP contribution in [0.5, 0.6) is 0 Å². The zero-order valence-electron chi connectivity index (χ0n) is 10.6. The lowest BCUT2D eigenvalue weighted by Crippen LogP contribution is -2.26. The van der Waals surface area contributed by atoms with Crippen LogP contribution in [0.2, 0.25) is 0 Å². The maximum absolute atomic E-state index is 5.88. The van der Waals surface area contributed by atoms with E-state index in [1.54, 1.807) is 0 Å². The lowest BCUT2D eigenvalue weighted by Gasteiger charge is -2.28. The van der Waals surface area contributed by atoms with Crippen LogP contribution in [0.15, 0.2) is 24.3 Å². The van der Waals surface area contributed by atoms with Gasteiger partial charge in [0.05, 0.1) is 12.2 Å². The molecule has 0 heterocycles. The van der Waals surface area contributed by atoms with Gasteiger partial charge in [0.2, 0.25) is 0 Å². The Morgan fingerprint density at radius 3 is 2.56 bits per heavy atom. The fraction of sp³-hybridized carbons (Fsp3) is 0.600. The van der Waals surface area contributed by atoms with Crippen molar-refractivity contribution in [3.63, 3.8) is 0 Å². The van der Waals surface area contributed by atoms with Crippen LogP contribution in [0.4, 0.5) is 0 Å². The van der Waals surface area contributed by atoms with Crippen LogP contribution in [-0.2, 0) is 17.6 Å². The van der Waals surface area contributed by atoms with Crippen molar-refractivity contribution in [1.82, 2.24) is 0 Å². The first-order chi connectivity index (χ1) is 7.54. The summed E-state index contributed by atoms with van der Waals surface area (Å²) in [6, 6.07) is 8.81. The largest absolute Gasteiger partial charge is 0.376 e. The molecule has 88 valence electrons. The Kier molecular flexibility index (Phi) is 3.34. The van der Waals surface area contributed by atoms with Crippen LogP contribution < -0.4 is 0 Å². The molecule has 0 saturated heterocycles. The van der Waals surface area contributed by atoms with Crippen molar-refractivity contribution in [2.45, 2.75) is 45.6 Å². The molecule has 1 aliphatic rings. The van der Waals surface area contributed by atoms with Gasteiger partial charge in [-0.1, -0.05) is 24.3 Å². The van der Waals surface area contributed by atoms with E-state index in [4.69, 9.17) is 4.74 Å². The first kappa shape index (κ1) is 11.7. The van der Waals surface area contributed by atoms with E-state index in [-0.39, 0.29) is 5.60 Å².